The lowest BCUT2D eigenvalue weighted by molar-refractivity contribution is -0.384. The van der Waals surface area contributed by atoms with Crippen LogP contribution in [0.25, 0.3) is 10.7 Å². The predicted molar refractivity (Wildman–Crippen MR) is 111 cm³/mol. The predicted octanol–water partition coefficient (Wildman–Crippen LogP) is 4.71. The van der Waals surface area contributed by atoms with E-state index in [0.29, 0.717) is 11.7 Å². The number of halogens is 1. The second kappa shape index (κ2) is 8.72. The number of thioether (sulfide) groups is 1. The molecule has 0 fully saturated rings. The van der Waals surface area contributed by atoms with E-state index in [1.807, 2.05) is 29.0 Å². The number of hydrogen-bond donors (Lipinski definition) is 1. The number of rotatable bonds is 7. The number of nitro benzene ring substituents is 1. The molecule has 11 heteroatoms. The van der Waals surface area contributed by atoms with Crippen LogP contribution in [-0.4, -0.2) is 30.8 Å². The van der Waals surface area contributed by atoms with E-state index in [1.165, 1.54) is 30.0 Å². The summed E-state index contributed by atoms with van der Waals surface area (Å²) in [6, 6.07) is 7.82. The minimum absolute atomic E-state index is 0.147. The molecular weight excluding hydrogens is 422 g/mol. The summed E-state index contributed by atoms with van der Waals surface area (Å²) in [6.07, 6.45) is 0. The fourth-order valence-electron chi connectivity index (χ4n) is 2.42. The minimum Gasteiger partial charge on any atom is -0.324 e. The standard InChI is InChI=1S/C17H16ClN5O3S2/c1-3-22-15(14-5-4-8-27-14)20-21-17(22)28-10(2)16(24)19-13-9-11(23(25)26)6-7-12(13)18/h4-10H,3H2,1-2H3,(H,19,24)/t10-/m1/s1. The van der Waals surface area contributed by atoms with E-state index < -0.39 is 10.2 Å². The molecule has 0 radical (unpaired) electrons. The Labute approximate surface area is 174 Å². The molecule has 0 aliphatic carbocycles. The van der Waals surface area contributed by atoms with Gasteiger partial charge in [-0.1, -0.05) is 29.4 Å². The van der Waals surface area contributed by atoms with Gasteiger partial charge in [0.2, 0.25) is 5.91 Å². The van der Waals surface area contributed by atoms with Gasteiger partial charge in [0.25, 0.3) is 5.69 Å². The average Bonchev–Trinajstić information content (AvgIpc) is 3.32. The zero-order valence-corrected chi connectivity index (χ0v) is 17.3. The van der Waals surface area contributed by atoms with Gasteiger partial charge in [0.1, 0.15) is 0 Å². The molecule has 3 aromatic rings. The Morgan fingerprint density at radius 3 is 2.86 bits per heavy atom. The maximum atomic E-state index is 12.6. The summed E-state index contributed by atoms with van der Waals surface area (Å²) >= 11 is 8.88. The first-order valence-corrected chi connectivity index (χ1v) is 10.4. The summed E-state index contributed by atoms with van der Waals surface area (Å²) in [5.74, 6) is 0.421. The second-order valence-corrected chi connectivity index (χ2v) is 8.36. The van der Waals surface area contributed by atoms with Crippen LogP contribution in [0.1, 0.15) is 13.8 Å². The molecule has 1 aromatic carbocycles. The SMILES string of the molecule is CCn1c(S[C@H](C)C(=O)Nc2cc([N+](=O)[O-])ccc2Cl)nnc1-c1cccs1. The van der Waals surface area contributed by atoms with Crippen LogP contribution in [0.15, 0.2) is 40.9 Å². The number of nitrogens with zero attached hydrogens (tertiary/aromatic N) is 4. The number of nitro groups is 1. The number of carbonyl (C=O) groups excluding carboxylic acids is 1. The van der Waals surface area contributed by atoms with Gasteiger partial charge < -0.3 is 9.88 Å². The number of anilines is 1. The van der Waals surface area contributed by atoms with Crippen molar-refractivity contribution in [1.82, 2.24) is 14.8 Å². The van der Waals surface area contributed by atoms with Gasteiger partial charge in [-0.05, 0) is 31.4 Å². The Balaban J connectivity index is 1.75. The molecule has 1 N–H and O–H groups in total. The Kier molecular flexibility index (Phi) is 6.32. The molecule has 146 valence electrons. The number of nitrogens with one attached hydrogen (secondary N) is 1. The topological polar surface area (TPSA) is 103 Å². The Bertz CT molecular complexity index is 1010. The number of benzene rings is 1. The van der Waals surface area contributed by atoms with Crippen LogP contribution in [-0.2, 0) is 11.3 Å². The van der Waals surface area contributed by atoms with Crippen LogP contribution in [0.2, 0.25) is 5.02 Å². The van der Waals surface area contributed by atoms with Gasteiger partial charge in [0.15, 0.2) is 11.0 Å². The summed E-state index contributed by atoms with van der Waals surface area (Å²) in [7, 11) is 0. The van der Waals surface area contributed by atoms with Gasteiger partial charge >= 0.3 is 0 Å². The number of non-ortho nitro benzene ring substituents is 1. The molecule has 0 spiro atoms. The summed E-state index contributed by atoms with van der Waals surface area (Å²) in [4.78, 5) is 24.0. The smallest absolute Gasteiger partial charge is 0.271 e. The third kappa shape index (κ3) is 4.34. The fourth-order valence-corrected chi connectivity index (χ4v) is 4.21. The lowest BCUT2D eigenvalue weighted by Crippen LogP contribution is -2.23. The average molecular weight is 438 g/mol. The molecule has 0 aliphatic heterocycles. The van der Waals surface area contributed by atoms with Gasteiger partial charge in [-0.25, -0.2) is 0 Å². The number of amides is 1. The quantitative estimate of drug-likeness (QED) is 0.326. The molecule has 28 heavy (non-hydrogen) atoms. The Morgan fingerprint density at radius 1 is 1.43 bits per heavy atom. The van der Waals surface area contributed by atoms with Crippen molar-refractivity contribution in [3.05, 3.63) is 50.8 Å². The van der Waals surface area contributed by atoms with Crippen LogP contribution in [0.5, 0.6) is 0 Å². The molecule has 2 aromatic heterocycles. The van der Waals surface area contributed by atoms with Crippen molar-refractivity contribution in [2.24, 2.45) is 0 Å². The normalized spacial score (nSPS) is 12.0. The molecule has 1 atom stereocenters. The first-order chi connectivity index (χ1) is 13.4. The van der Waals surface area contributed by atoms with Crippen molar-refractivity contribution >= 4 is 52.0 Å². The van der Waals surface area contributed by atoms with Crippen molar-refractivity contribution in [3.63, 3.8) is 0 Å². The van der Waals surface area contributed by atoms with Gasteiger partial charge in [-0.15, -0.1) is 21.5 Å². The third-order valence-corrected chi connectivity index (χ3v) is 6.12. The third-order valence-electron chi connectivity index (χ3n) is 3.84. The summed E-state index contributed by atoms with van der Waals surface area (Å²) in [5, 5.41) is 24.3. The largest absolute Gasteiger partial charge is 0.324 e. The molecule has 3 rings (SSSR count). The maximum absolute atomic E-state index is 12.6. The van der Waals surface area contributed by atoms with Gasteiger partial charge in [0, 0.05) is 18.7 Å². The van der Waals surface area contributed by atoms with Crippen LogP contribution < -0.4 is 5.32 Å². The minimum atomic E-state index is -0.542. The number of thiophene rings is 1. The zero-order chi connectivity index (χ0) is 20.3. The Morgan fingerprint density at radius 2 is 2.21 bits per heavy atom. The van der Waals surface area contributed by atoms with E-state index in [0.717, 1.165) is 10.7 Å². The van der Waals surface area contributed by atoms with Crippen LogP contribution >= 0.6 is 34.7 Å². The first kappa shape index (κ1) is 20.3. The summed E-state index contributed by atoms with van der Waals surface area (Å²) in [6.45, 7) is 4.37. The van der Waals surface area contributed by atoms with E-state index in [-0.39, 0.29) is 22.3 Å². The fraction of sp³-hybridized carbons (Fsp3) is 0.235. The maximum Gasteiger partial charge on any atom is 0.271 e. The van der Waals surface area contributed by atoms with Crippen molar-refractivity contribution < 1.29 is 9.72 Å². The molecule has 0 bridgehead atoms. The van der Waals surface area contributed by atoms with Crippen molar-refractivity contribution in [2.45, 2.75) is 30.8 Å². The van der Waals surface area contributed by atoms with Crippen LogP contribution in [0, 0.1) is 10.1 Å². The molecule has 2 heterocycles. The number of carbonyl (C=O) groups is 1. The number of hydrogen-bond acceptors (Lipinski definition) is 7. The van der Waals surface area contributed by atoms with E-state index >= 15 is 0 Å². The van der Waals surface area contributed by atoms with E-state index in [2.05, 4.69) is 15.5 Å². The monoisotopic (exact) mass is 437 g/mol. The highest BCUT2D eigenvalue weighted by Crippen LogP contribution is 2.31. The first-order valence-electron chi connectivity index (χ1n) is 8.29. The lowest BCUT2D eigenvalue weighted by atomic mass is 10.2. The molecule has 0 saturated carbocycles. The van der Waals surface area contributed by atoms with E-state index in [9.17, 15) is 14.9 Å². The van der Waals surface area contributed by atoms with Crippen molar-refractivity contribution in [3.8, 4) is 10.7 Å². The molecule has 0 saturated heterocycles. The van der Waals surface area contributed by atoms with Crippen molar-refractivity contribution in [1.29, 1.82) is 0 Å². The van der Waals surface area contributed by atoms with Gasteiger partial charge in [-0.2, -0.15) is 0 Å². The van der Waals surface area contributed by atoms with Crippen LogP contribution in [0.4, 0.5) is 11.4 Å². The molecule has 1 amide bonds. The highest BCUT2D eigenvalue weighted by Gasteiger charge is 2.22. The zero-order valence-electron chi connectivity index (χ0n) is 15.0. The summed E-state index contributed by atoms with van der Waals surface area (Å²) in [5.41, 5.74) is 0.0517. The highest BCUT2D eigenvalue weighted by atomic mass is 35.5. The van der Waals surface area contributed by atoms with Gasteiger partial charge in [-0.3, -0.25) is 14.9 Å². The molecular formula is C17H16ClN5O3S2. The molecule has 0 aliphatic rings. The van der Waals surface area contributed by atoms with E-state index in [4.69, 9.17) is 11.6 Å². The molecule has 0 unspecified atom stereocenters. The van der Waals surface area contributed by atoms with E-state index in [1.54, 1.807) is 18.3 Å². The summed E-state index contributed by atoms with van der Waals surface area (Å²) < 4.78 is 1.95. The Hall–Kier alpha value is -2.43. The molecule has 8 nitrogen and oxygen atoms in total. The second-order valence-electron chi connectivity index (χ2n) is 5.70. The highest BCUT2D eigenvalue weighted by molar-refractivity contribution is 8.00. The lowest BCUT2D eigenvalue weighted by Gasteiger charge is -2.13. The van der Waals surface area contributed by atoms with Gasteiger partial charge in [0.05, 0.1) is 25.8 Å². The van der Waals surface area contributed by atoms with Crippen molar-refractivity contribution in [2.75, 3.05) is 5.32 Å². The van der Waals surface area contributed by atoms with Crippen LogP contribution in [0.3, 0.4) is 0 Å². The number of aromatic nitrogens is 3.